The first kappa shape index (κ1) is 17.4. The highest BCUT2D eigenvalue weighted by atomic mass is 16.4. The number of hydrogen-bond acceptors (Lipinski definition) is 3. The van der Waals surface area contributed by atoms with Crippen LogP contribution < -0.4 is 5.32 Å². The largest absolute Gasteiger partial charge is 0.481 e. The Kier molecular flexibility index (Phi) is 7.69. The van der Waals surface area contributed by atoms with Gasteiger partial charge in [-0.2, -0.15) is 0 Å². The summed E-state index contributed by atoms with van der Waals surface area (Å²) in [5.41, 5.74) is 1.77. The molecule has 4 heteroatoms. The fourth-order valence-electron chi connectivity index (χ4n) is 2.21. The summed E-state index contributed by atoms with van der Waals surface area (Å²) >= 11 is 0. The van der Waals surface area contributed by atoms with Gasteiger partial charge in [0.15, 0.2) is 5.78 Å². The number of carbonyl (C=O) groups excluding carboxylic acids is 1. The lowest BCUT2D eigenvalue weighted by atomic mass is 9.99. The van der Waals surface area contributed by atoms with Gasteiger partial charge in [-0.25, -0.2) is 0 Å². The third-order valence-electron chi connectivity index (χ3n) is 3.39. The maximum absolute atomic E-state index is 12.4. The van der Waals surface area contributed by atoms with Crippen LogP contribution in [0.5, 0.6) is 0 Å². The van der Waals surface area contributed by atoms with Gasteiger partial charge in [0.1, 0.15) is 0 Å². The molecule has 0 aliphatic rings. The van der Waals surface area contributed by atoms with E-state index in [1.807, 2.05) is 12.1 Å². The van der Waals surface area contributed by atoms with Gasteiger partial charge in [0.25, 0.3) is 0 Å². The predicted octanol–water partition coefficient (Wildman–Crippen LogP) is 3.05. The maximum atomic E-state index is 12.4. The van der Waals surface area contributed by atoms with E-state index in [0.29, 0.717) is 12.1 Å². The van der Waals surface area contributed by atoms with Crippen LogP contribution in [0, 0.1) is 0 Å². The molecule has 0 amide bonds. The Labute approximate surface area is 126 Å². The highest BCUT2D eigenvalue weighted by Gasteiger charge is 2.22. The Hall–Kier alpha value is -1.68. The second kappa shape index (κ2) is 9.29. The van der Waals surface area contributed by atoms with Gasteiger partial charge in [0, 0.05) is 5.56 Å². The van der Waals surface area contributed by atoms with Crippen molar-refractivity contribution in [1.29, 1.82) is 0 Å². The smallest absolute Gasteiger partial charge is 0.305 e. The molecule has 0 heterocycles. The molecule has 0 spiro atoms. The number of aliphatic carboxylic acids is 1. The number of benzene rings is 1. The summed E-state index contributed by atoms with van der Waals surface area (Å²) in [6.45, 7) is 4.83. The molecule has 0 aliphatic carbocycles. The van der Waals surface area contributed by atoms with Crippen molar-refractivity contribution < 1.29 is 14.7 Å². The second-order valence-corrected chi connectivity index (χ2v) is 5.27. The van der Waals surface area contributed by atoms with E-state index in [1.165, 1.54) is 5.56 Å². The average Bonchev–Trinajstić information content (AvgIpc) is 2.46. The van der Waals surface area contributed by atoms with Crippen molar-refractivity contribution in [3.63, 3.8) is 0 Å². The molecular weight excluding hydrogens is 266 g/mol. The van der Waals surface area contributed by atoms with Crippen LogP contribution in [-0.4, -0.2) is 29.4 Å². The van der Waals surface area contributed by atoms with Crippen molar-refractivity contribution in [1.82, 2.24) is 5.32 Å². The molecule has 1 aromatic rings. The molecule has 0 fully saturated rings. The van der Waals surface area contributed by atoms with Crippen molar-refractivity contribution in [2.24, 2.45) is 0 Å². The van der Waals surface area contributed by atoms with E-state index >= 15 is 0 Å². The summed E-state index contributed by atoms with van der Waals surface area (Å²) in [6.07, 6.45) is 3.81. The standard InChI is InChI=1S/C17H25NO3/c1-3-5-11-18-15(12-16(19)20)17(21)14-9-7-13(6-4-2)8-10-14/h7-10,15,18H,3-6,11-12H2,1-2H3,(H,19,20). The van der Waals surface area contributed by atoms with Crippen molar-refractivity contribution in [2.45, 2.75) is 52.0 Å². The SMILES string of the molecule is CCCCNC(CC(=O)O)C(=O)c1ccc(CCC)cc1. The molecule has 0 aromatic heterocycles. The quantitative estimate of drug-likeness (QED) is 0.513. The van der Waals surface area contributed by atoms with Gasteiger partial charge in [-0.3, -0.25) is 9.59 Å². The lowest BCUT2D eigenvalue weighted by Crippen LogP contribution is -2.39. The predicted molar refractivity (Wildman–Crippen MR) is 83.7 cm³/mol. The first-order valence-corrected chi connectivity index (χ1v) is 7.66. The lowest BCUT2D eigenvalue weighted by Gasteiger charge is -2.16. The summed E-state index contributed by atoms with van der Waals surface area (Å²) in [5.74, 6) is -1.10. The molecule has 0 radical (unpaired) electrons. The van der Waals surface area contributed by atoms with Crippen LogP contribution in [-0.2, 0) is 11.2 Å². The first-order chi connectivity index (χ1) is 10.1. The Balaban J connectivity index is 2.75. The minimum atomic E-state index is -0.958. The van der Waals surface area contributed by atoms with E-state index in [4.69, 9.17) is 5.11 Å². The van der Waals surface area contributed by atoms with E-state index in [0.717, 1.165) is 25.7 Å². The van der Waals surface area contributed by atoms with Crippen LogP contribution in [0.4, 0.5) is 0 Å². The van der Waals surface area contributed by atoms with Crippen molar-refractivity contribution in [3.8, 4) is 0 Å². The molecular formula is C17H25NO3. The second-order valence-electron chi connectivity index (χ2n) is 5.27. The number of carboxylic acids is 1. The normalized spacial score (nSPS) is 12.1. The van der Waals surface area contributed by atoms with Gasteiger partial charge in [-0.05, 0) is 24.9 Å². The van der Waals surface area contributed by atoms with Crippen LogP contribution in [0.2, 0.25) is 0 Å². The van der Waals surface area contributed by atoms with Crippen LogP contribution in [0.15, 0.2) is 24.3 Å². The molecule has 4 nitrogen and oxygen atoms in total. The zero-order valence-electron chi connectivity index (χ0n) is 12.9. The summed E-state index contributed by atoms with van der Waals surface area (Å²) in [6, 6.07) is 6.83. The molecule has 1 aromatic carbocycles. The number of aryl methyl sites for hydroxylation is 1. The number of Topliss-reactive ketones (excluding diaryl/α,β-unsaturated/α-hetero) is 1. The van der Waals surface area contributed by atoms with Gasteiger partial charge in [-0.1, -0.05) is 51.0 Å². The fraction of sp³-hybridized carbons (Fsp3) is 0.529. The molecule has 1 unspecified atom stereocenters. The highest BCUT2D eigenvalue weighted by Crippen LogP contribution is 2.11. The number of carbonyl (C=O) groups is 2. The number of ketones is 1. The van der Waals surface area contributed by atoms with Crippen molar-refractivity contribution in [3.05, 3.63) is 35.4 Å². The lowest BCUT2D eigenvalue weighted by molar-refractivity contribution is -0.137. The Bertz CT molecular complexity index is 454. The van der Waals surface area contributed by atoms with Crippen LogP contribution in [0.1, 0.15) is 55.5 Å². The highest BCUT2D eigenvalue weighted by molar-refractivity contribution is 6.01. The fourth-order valence-corrected chi connectivity index (χ4v) is 2.21. The summed E-state index contributed by atoms with van der Waals surface area (Å²) in [5, 5.41) is 12.0. The van der Waals surface area contributed by atoms with Crippen LogP contribution in [0.25, 0.3) is 0 Å². The number of hydrogen-bond donors (Lipinski definition) is 2. The Morgan fingerprint density at radius 1 is 1.14 bits per heavy atom. The number of nitrogens with one attached hydrogen (secondary N) is 1. The zero-order valence-corrected chi connectivity index (χ0v) is 12.9. The molecule has 1 rings (SSSR count). The third-order valence-corrected chi connectivity index (χ3v) is 3.39. The summed E-state index contributed by atoms with van der Waals surface area (Å²) in [4.78, 5) is 23.3. The third kappa shape index (κ3) is 6.08. The topological polar surface area (TPSA) is 66.4 Å². The number of rotatable bonds is 10. The first-order valence-electron chi connectivity index (χ1n) is 7.66. The Morgan fingerprint density at radius 2 is 1.81 bits per heavy atom. The summed E-state index contributed by atoms with van der Waals surface area (Å²) in [7, 11) is 0. The van der Waals surface area contributed by atoms with Gasteiger partial charge < -0.3 is 10.4 Å². The molecule has 1 atom stereocenters. The zero-order chi connectivity index (χ0) is 15.7. The molecule has 0 bridgehead atoms. The van der Waals surface area contributed by atoms with Gasteiger partial charge in [0.2, 0.25) is 0 Å². The average molecular weight is 291 g/mol. The molecule has 0 saturated heterocycles. The van der Waals surface area contributed by atoms with Crippen molar-refractivity contribution in [2.75, 3.05) is 6.54 Å². The molecule has 21 heavy (non-hydrogen) atoms. The number of carboxylic acid groups (broad SMARTS) is 1. The van der Waals surface area contributed by atoms with Crippen molar-refractivity contribution >= 4 is 11.8 Å². The minimum absolute atomic E-state index is 0.142. The number of unbranched alkanes of at least 4 members (excludes halogenated alkanes) is 1. The molecule has 0 aliphatic heterocycles. The van der Waals surface area contributed by atoms with E-state index < -0.39 is 12.0 Å². The van der Waals surface area contributed by atoms with Crippen LogP contribution in [0.3, 0.4) is 0 Å². The van der Waals surface area contributed by atoms with E-state index in [9.17, 15) is 9.59 Å². The van der Waals surface area contributed by atoms with Gasteiger partial charge in [0.05, 0.1) is 12.5 Å². The monoisotopic (exact) mass is 291 g/mol. The van der Waals surface area contributed by atoms with E-state index in [1.54, 1.807) is 12.1 Å². The molecule has 0 saturated carbocycles. The molecule has 2 N–H and O–H groups in total. The Morgan fingerprint density at radius 3 is 2.33 bits per heavy atom. The van der Waals surface area contributed by atoms with E-state index in [-0.39, 0.29) is 12.2 Å². The molecule has 116 valence electrons. The minimum Gasteiger partial charge on any atom is -0.481 e. The summed E-state index contributed by atoms with van der Waals surface area (Å²) < 4.78 is 0. The van der Waals surface area contributed by atoms with Gasteiger partial charge in [-0.15, -0.1) is 0 Å². The maximum Gasteiger partial charge on any atom is 0.305 e. The van der Waals surface area contributed by atoms with Crippen LogP contribution >= 0.6 is 0 Å². The van der Waals surface area contributed by atoms with E-state index in [2.05, 4.69) is 19.2 Å². The van der Waals surface area contributed by atoms with Gasteiger partial charge >= 0.3 is 5.97 Å².